The maximum atomic E-state index is 13.7. The number of hydrogen-bond acceptors (Lipinski definition) is 3. The second-order valence-electron chi connectivity index (χ2n) is 9.32. The third-order valence-electron chi connectivity index (χ3n) is 6.58. The average molecular weight is 566 g/mol. The molecule has 2 amide bonds. The number of carbonyl (C=O) groups excluding carboxylic acids is 2. The molecule has 0 unspecified atom stereocenters. The number of amides is 2. The average Bonchev–Trinajstić information content (AvgIpc) is 3.41. The van der Waals surface area contributed by atoms with Crippen molar-refractivity contribution in [3.05, 3.63) is 106 Å². The molecule has 36 heavy (non-hydrogen) atoms. The minimum Gasteiger partial charge on any atom is -0.352 e. The molecule has 0 heterocycles. The number of thioether (sulfide) groups is 1. The first-order valence-electron chi connectivity index (χ1n) is 12.6. The van der Waals surface area contributed by atoms with Crippen LogP contribution < -0.4 is 5.32 Å². The SMILES string of the molecule is O=C(NC1CCCC1)[C@H](Cc1ccccc1)N(Cc1ccc(Br)cc1)C(=O)CSCc1ccccc1. The normalized spacial score (nSPS) is 14.4. The minimum absolute atomic E-state index is 0.0126. The molecule has 1 atom stereocenters. The fourth-order valence-corrected chi connectivity index (χ4v) is 5.76. The molecule has 1 aliphatic rings. The van der Waals surface area contributed by atoms with E-state index >= 15 is 0 Å². The zero-order chi connectivity index (χ0) is 25.2. The lowest BCUT2D eigenvalue weighted by atomic mass is 10.0. The smallest absolute Gasteiger partial charge is 0.243 e. The Morgan fingerprint density at radius 3 is 2.11 bits per heavy atom. The molecular formula is C30H33BrN2O2S. The third-order valence-corrected chi connectivity index (χ3v) is 8.09. The molecule has 4 nitrogen and oxygen atoms in total. The van der Waals surface area contributed by atoms with Crippen molar-refractivity contribution in [2.24, 2.45) is 0 Å². The van der Waals surface area contributed by atoms with Crippen molar-refractivity contribution >= 4 is 39.5 Å². The van der Waals surface area contributed by atoms with Crippen molar-refractivity contribution in [1.82, 2.24) is 10.2 Å². The van der Waals surface area contributed by atoms with Crippen LogP contribution in [0.15, 0.2) is 89.4 Å². The van der Waals surface area contributed by atoms with E-state index < -0.39 is 6.04 Å². The van der Waals surface area contributed by atoms with Gasteiger partial charge in [-0.1, -0.05) is 102 Å². The third kappa shape index (κ3) is 7.97. The molecule has 1 saturated carbocycles. The lowest BCUT2D eigenvalue weighted by Crippen LogP contribution is -2.52. The van der Waals surface area contributed by atoms with E-state index in [-0.39, 0.29) is 17.9 Å². The summed E-state index contributed by atoms with van der Waals surface area (Å²) in [7, 11) is 0. The highest BCUT2D eigenvalue weighted by Gasteiger charge is 2.32. The molecule has 1 N–H and O–H groups in total. The molecule has 1 fully saturated rings. The fraction of sp³-hybridized carbons (Fsp3) is 0.333. The molecular weight excluding hydrogens is 532 g/mol. The van der Waals surface area contributed by atoms with Gasteiger partial charge in [0.1, 0.15) is 6.04 Å². The summed E-state index contributed by atoms with van der Waals surface area (Å²) < 4.78 is 0.988. The quantitative estimate of drug-likeness (QED) is 0.294. The fourth-order valence-electron chi connectivity index (χ4n) is 4.62. The summed E-state index contributed by atoms with van der Waals surface area (Å²) in [6.45, 7) is 0.396. The maximum absolute atomic E-state index is 13.7. The van der Waals surface area contributed by atoms with Crippen LogP contribution in [0.25, 0.3) is 0 Å². The summed E-state index contributed by atoms with van der Waals surface area (Å²) in [5.41, 5.74) is 3.25. The van der Waals surface area contributed by atoms with E-state index in [0.717, 1.165) is 47.0 Å². The predicted octanol–water partition coefficient (Wildman–Crippen LogP) is 6.38. The maximum Gasteiger partial charge on any atom is 0.243 e. The van der Waals surface area contributed by atoms with E-state index in [4.69, 9.17) is 0 Å². The highest BCUT2D eigenvalue weighted by Crippen LogP contribution is 2.22. The zero-order valence-corrected chi connectivity index (χ0v) is 22.8. The Balaban J connectivity index is 1.56. The Morgan fingerprint density at radius 1 is 0.861 bits per heavy atom. The van der Waals surface area contributed by atoms with E-state index in [2.05, 4.69) is 33.4 Å². The molecule has 0 bridgehead atoms. The van der Waals surface area contributed by atoms with Crippen LogP contribution >= 0.6 is 27.7 Å². The van der Waals surface area contributed by atoms with Gasteiger partial charge in [-0.25, -0.2) is 0 Å². The Labute approximate surface area is 227 Å². The molecule has 3 aromatic carbocycles. The van der Waals surface area contributed by atoms with Crippen LogP contribution in [-0.2, 0) is 28.3 Å². The van der Waals surface area contributed by atoms with Crippen LogP contribution in [0.3, 0.4) is 0 Å². The number of rotatable bonds is 11. The highest BCUT2D eigenvalue weighted by atomic mass is 79.9. The molecule has 4 rings (SSSR count). The van der Waals surface area contributed by atoms with Gasteiger partial charge in [-0.05, 0) is 41.7 Å². The van der Waals surface area contributed by atoms with E-state index in [0.29, 0.717) is 18.7 Å². The number of nitrogens with one attached hydrogen (secondary N) is 1. The van der Waals surface area contributed by atoms with Crippen molar-refractivity contribution < 1.29 is 9.59 Å². The molecule has 1 aliphatic carbocycles. The Bertz CT molecular complexity index is 1100. The van der Waals surface area contributed by atoms with Crippen molar-refractivity contribution in [3.63, 3.8) is 0 Å². The van der Waals surface area contributed by atoms with Crippen molar-refractivity contribution in [2.45, 2.75) is 56.5 Å². The van der Waals surface area contributed by atoms with Gasteiger partial charge in [-0.3, -0.25) is 9.59 Å². The van der Waals surface area contributed by atoms with Gasteiger partial charge in [0, 0.05) is 29.2 Å². The van der Waals surface area contributed by atoms with Gasteiger partial charge in [-0.2, -0.15) is 0 Å². The minimum atomic E-state index is -0.568. The van der Waals surface area contributed by atoms with Crippen molar-refractivity contribution in [1.29, 1.82) is 0 Å². The van der Waals surface area contributed by atoms with Crippen LogP contribution in [0.1, 0.15) is 42.4 Å². The summed E-state index contributed by atoms with van der Waals surface area (Å²) in [5, 5.41) is 3.26. The second kappa shape index (κ2) is 13.7. The van der Waals surface area contributed by atoms with Gasteiger partial charge in [0.05, 0.1) is 5.75 Å². The van der Waals surface area contributed by atoms with E-state index in [1.807, 2.05) is 72.8 Å². The number of hydrogen-bond donors (Lipinski definition) is 1. The standard InChI is InChI=1S/C30H33BrN2O2S/c31-26-17-15-24(16-18-26)20-33(29(34)22-36-21-25-11-5-2-6-12-25)28(19-23-9-3-1-4-10-23)30(35)32-27-13-7-8-14-27/h1-6,9-12,15-18,27-28H,7-8,13-14,19-22H2,(H,32,35)/t28-/m0/s1. The molecule has 0 aliphatic heterocycles. The van der Waals surface area contributed by atoms with E-state index in [9.17, 15) is 9.59 Å². The van der Waals surface area contributed by atoms with Crippen molar-refractivity contribution in [3.8, 4) is 0 Å². The van der Waals surface area contributed by atoms with E-state index in [1.165, 1.54) is 5.56 Å². The van der Waals surface area contributed by atoms with Crippen molar-refractivity contribution in [2.75, 3.05) is 5.75 Å². The first-order chi connectivity index (χ1) is 17.6. The molecule has 0 spiro atoms. The summed E-state index contributed by atoms with van der Waals surface area (Å²) >= 11 is 5.09. The van der Waals surface area contributed by atoms with Crippen LogP contribution in [0.2, 0.25) is 0 Å². The molecule has 0 saturated heterocycles. The van der Waals surface area contributed by atoms with Crippen LogP contribution in [0.4, 0.5) is 0 Å². The lowest BCUT2D eigenvalue weighted by molar-refractivity contribution is -0.139. The molecule has 188 valence electrons. The predicted molar refractivity (Wildman–Crippen MR) is 152 cm³/mol. The summed E-state index contributed by atoms with van der Waals surface area (Å²) in [6, 6.07) is 27.8. The number of nitrogens with zero attached hydrogens (tertiary/aromatic N) is 1. The number of halogens is 1. The second-order valence-corrected chi connectivity index (χ2v) is 11.2. The Morgan fingerprint density at radius 2 is 1.47 bits per heavy atom. The zero-order valence-electron chi connectivity index (χ0n) is 20.4. The van der Waals surface area contributed by atoms with Gasteiger partial charge < -0.3 is 10.2 Å². The topological polar surface area (TPSA) is 49.4 Å². The summed E-state index contributed by atoms with van der Waals surface area (Å²) in [4.78, 5) is 29.2. The molecule has 0 aromatic heterocycles. The molecule has 6 heteroatoms. The largest absolute Gasteiger partial charge is 0.352 e. The number of carbonyl (C=O) groups is 2. The van der Waals surface area contributed by atoms with Crippen LogP contribution in [0.5, 0.6) is 0 Å². The molecule has 0 radical (unpaired) electrons. The first kappa shape index (κ1) is 26.5. The first-order valence-corrected chi connectivity index (χ1v) is 14.5. The van der Waals surface area contributed by atoms with Gasteiger partial charge in [0.25, 0.3) is 0 Å². The van der Waals surface area contributed by atoms with Gasteiger partial charge in [0.2, 0.25) is 11.8 Å². The molecule has 3 aromatic rings. The highest BCUT2D eigenvalue weighted by molar-refractivity contribution is 9.10. The van der Waals surface area contributed by atoms with Gasteiger partial charge in [-0.15, -0.1) is 11.8 Å². The summed E-state index contributed by atoms with van der Waals surface area (Å²) in [6.07, 6.45) is 4.80. The monoisotopic (exact) mass is 564 g/mol. The lowest BCUT2D eigenvalue weighted by Gasteiger charge is -2.32. The van der Waals surface area contributed by atoms with Crippen LogP contribution in [0, 0.1) is 0 Å². The Hall–Kier alpha value is -2.57. The van der Waals surface area contributed by atoms with Gasteiger partial charge in [0.15, 0.2) is 0 Å². The number of benzene rings is 3. The van der Waals surface area contributed by atoms with Crippen LogP contribution in [-0.4, -0.2) is 34.6 Å². The summed E-state index contributed by atoms with van der Waals surface area (Å²) in [5.74, 6) is 1.02. The van der Waals surface area contributed by atoms with E-state index in [1.54, 1.807) is 16.7 Å². The Kier molecular flexibility index (Phi) is 10.1. The van der Waals surface area contributed by atoms with Gasteiger partial charge >= 0.3 is 0 Å².